The number of likely N-dealkylation sites (N-methyl/N-ethyl adjacent to an activating group) is 1. The molecule has 2 aromatic heterocycles. The van der Waals surface area contributed by atoms with E-state index in [1.54, 1.807) is 30.2 Å². The summed E-state index contributed by atoms with van der Waals surface area (Å²) < 4.78 is 3.67. The van der Waals surface area contributed by atoms with Gasteiger partial charge >= 0.3 is 6.03 Å². The van der Waals surface area contributed by atoms with Crippen LogP contribution in [0.2, 0.25) is 0 Å². The molecule has 0 spiro atoms. The quantitative estimate of drug-likeness (QED) is 0.919. The van der Waals surface area contributed by atoms with Crippen LogP contribution in [0, 0.1) is 0 Å². The molecule has 2 aromatic rings. The molecule has 1 unspecified atom stereocenters. The van der Waals surface area contributed by atoms with Crippen LogP contribution in [-0.2, 0) is 14.1 Å². The van der Waals surface area contributed by atoms with Crippen LogP contribution in [0.15, 0.2) is 24.7 Å². The van der Waals surface area contributed by atoms with Gasteiger partial charge in [0.05, 0.1) is 12.2 Å². The first-order valence-corrected chi connectivity index (χ1v) is 7.85. The zero-order valence-electron chi connectivity index (χ0n) is 13.8. The fraction of sp³-hybridized carbons (Fsp3) is 0.533. The van der Waals surface area contributed by atoms with Crippen molar-refractivity contribution in [2.24, 2.45) is 14.1 Å². The van der Waals surface area contributed by atoms with E-state index in [-0.39, 0.29) is 12.1 Å². The Morgan fingerprint density at radius 3 is 2.78 bits per heavy atom. The molecule has 1 fully saturated rings. The minimum atomic E-state index is -0.0939. The van der Waals surface area contributed by atoms with E-state index < -0.39 is 0 Å². The molecule has 0 saturated carbocycles. The Balaban J connectivity index is 1.73. The number of piperazine rings is 1. The number of anilines is 1. The number of carbonyl (C=O) groups excluding carboxylic acids is 1. The van der Waals surface area contributed by atoms with Gasteiger partial charge in [0.2, 0.25) is 0 Å². The highest BCUT2D eigenvalue weighted by Crippen LogP contribution is 2.24. The highest BCUT2D eigenvalue weighted by molar-refractivity contribution is 5.88. The van der Waals surface area contributed by atoms with Gasteiger partial charge < -0.3 is 9.47 Å². The lowest BCUT2D eigenvalue weighted by atomic mass is 10.1. The van der Waals surface area contributed by atoms with Crippen molar-refractivity contribution >= 4 is 11.8 Å². The van der Waals surface area contributed by atoms with E-state index in [0.717, 1.165) is 18.9 Å². The van der Waals surface area contributed by atoms with Crippen molar-refractivity contribution in [3.63, 3.8) is 0 Å². The maximum absolute atomic E-state index is 12.5. The third-order valence-electron chi connectivity index (χ3n) is 4.40. The number of aromatic nitrogens is 4. The van der Waals surface area contributed by atoms with Crippen molar-refractivity contribution in [3.8, 4) is 0 Å². The molecule has 0 radical (unpaired) electrons. The van der Waals surface area contributed by atoms with Crippen LogP contribution >= 0.6 is 0 Å². The van der Waals surface area contributed by atoms with Crippen LogP contribution in [0.5, 0.6) is 0 Å². The summed E-state index contributed by atoms with van der Waals surface area (Å²) in [7, 11) is 3.80. The first-order chi connectivity index (χ1) is 11.1. The summed E-state index contributed by atoms with van der Waals surface area (Å²) in [5, 5.41) is 6.98. The summed E-state index contributed by atoms with van der Waals surface area (Å²) in [6.45, 7) is 5.25. The lowest BCUT2D eigenvalue weighted by molar-refractivity contribution is 0.0926. The van der Waals surface area contributed by atoms with Crippen LogP contribution < -0.4 is 5.32 Å². The Labute approximate surface area is 135 Å². The maximum atomic E-state index is 12.5. The minimum Gasteiger partial charge on any atom is -0.337 e. The normalized spacial score (nSPS) is 19.1. The number of carbonyl (C=O) groups is 1. The van der Waals surface area contributed by atoms with Gasteiger partial charge in [0.1, 0.15) is 11.6 Å². The predicted molar refractivity (Wildman–Crippen MR) is 87.0 cm³/mol. The van der Waals surface area contributed by atoms with Gasteiger partial charge in [-0.3, -0.25) is 14.9 Å². The van der Waals surface area contributed by atoms with Gasteiger partial charge in [-0.15, -0.1) is 0 Å². The lowest BCUT2D eigenvalue weighted by Gasteiger charge is -2.40. The van der Waals surface area contributed by atoms with E-state index in [0.29, 0.717) is 18.9 Å². The molecule has 124 valence electrons. The molecule has 1 aliphatic rings. The molecule has 0 aromatic carbocycles. The first kappa shape index (κ1) is 15.5. The second kappa shape index (κ2) is 6.41. The summed E-state index contributed by atoms with van der Waals surface area (Å²) in [6, 6.07) is 1.81. The predicted octanol–water partition coefficient (Wildman–Crippen LogP) is 1.06. The van der Waals surface area contributed by atoms with E-state index in [1.165, 1.54) is 0 Å². The summed E-state index contributed by atoms with van der Waals surface area (Å²) in [4.78, 5) is 21.2. The highest BCUT2D eigenvalue weighted by atomic mass is 16.2. The number of hydrogen-bond donors (Lipinski definition) is 1. The smallest absolute Gasteiger partial charge is 0.323 e. The van der Waals surface area contributed by atoms with Crippen LogP contribution in [-0.4, -0.2) is 61.3 Å². The number of urea groups is 1. The number of aryl methyl sites for hydroxylation is 2. The second-order valence-corrected chi connectivity index (χ2v) is 5.76. The summed E-state index contributed by atoms with van der Waals surface area (Å²) in [5.41, 5.74) is 0. The molecule has 8 heteroatoms. The van der Waals surface area contributed by atoms with E-state index >= 15 is 0 Å². The van der Waals surface area contributed by atoms with E-state index in [4.69, 9.17) is 0 Å². The number of hydrogen-bond acceptors (Lipinski definition) is 4. The number of rotatable bonds is 3. The van der Waals surface area contributed by atoms with Gasteiger partial charge in [-0.2, -0.15) is 5.10 Å². The molecule has 2 amide bonds. The summed E-state index contributed by atoms with van der Waals surface area (Å²) in [6.07, 6.45) is 5.41. The van der Waals surface area contributed by atoms with Gasteiger partial charge in [0.25, 0.3) is 0 Å². The van der Waals surface area contributed by atoms with E-state index in [1.807, 2.05) is 22.7 Å². The Kier molecular flexibility index (Phi) is 4.33. The minimum absolute atomic E-state index is 0.0939. The van der Waals surface area contributed by atoms with Crippen LogP contribution in [0.3, 0.4) is 0 Å². The molecule has 1 aliphatic heterocycles. The molecule has 0 bridgehead atoms. The van der Waals surface area contributed by atoms with Gasteiger partial charge in [-0.1, -0.05) is 6.92 Å². The van der Waals surface area contributed by atoms with Crippen molar-refractivity contribution < 1.29 is 4.79 Å². The largest absolute Gasteiger partial charge is 0.337 e. The van der Waals surface area contributed by atoms with Gasteiger partial charge in [-0.25, -0.2) is 9.78 Å². The summed E-state index contributed by atoms with van der Waals surface area (Å²) >= 11 is 0. The molecule has 8 nitrogen and oxygen atoms in total. The molecule has 0 aliphatic carbocycles. The zero-order valence-corrected chi connectivity index (χ0v) is 13.8. The number of amides is 2. The average molecular weight is 317 g/mol. The van der Waals surface area contributed by atoms with Crippen molar-refractivity contribution in [3.05, 3.63) is 30.5 Å². The summed E-state index contributed by atoms with van der Waals surface area (Å²) in [5.74, 6) is 1.69. The van der Waals surface area contributed by atoms with Crippen molar-refractivity contribution in [2.45, 2.75) is 13.0 Å². The Morgan fingerprint density at radius 1 is 1.35 bits per heavy atom. The topological polar surface area (TPSA) is 71.2 Å². The fourth-order valence-corrected chi connectivity index (χ4v) is 3.01. The van der Waals surface area contributed by atoms with Gasteiger partial charge in [0.15, 0.2) is 0 Å². The van der Waals surface area contributed by atoms with Gasteiger partial charge in [-0.05, 0) is 6.54 Å². The standard InChI is InChI=1S/C15H23N7O/c1-4-21-9-10-22(11-12(21)14-16-7-8-19(14)2)15(23)18-13-5-6-17-20(13)3/h5-8,12H,4,9-11H2,1-3H3,(H,18,23). The molecule has 1 saturated heterocycles. The van der Waals surface area contributed by atoms with E-state index in [9.17, 15) is 4.79 Å². The first-order valence-electron chi connectivity index (χ1n) is 7.85. The Morgan fingerprint density at radius 2 is 2.17 bits per heavy atom. The molecule has 1 N–H and O–H groups in total. The molecule has 23 heavy (non-hydrogen) atoms. The Hall–Kier alpha value is -2.35. The molecule has 3 rings (SSSR count). The van der Waals surface area contributed by atoms with Crippen LogP contribution in [0.1, 0.15) is 18.8 Å². The molecule has 3 heterocycles. The fourth-order valence-electron chi connectivity index (χ4n) is 3.01. The maximum Gasteiger partial charge on any atom is 0.323 e. The number of imidazole rings is 1. The van der Waals surface area contributed by atoms with Crippen molar-refractivity contribution in [1.82, 2.24) is 29.1 Å². The Bertz CT molecular complexity index is 677. The molecular weight excluding hydrogens is 294 g/mol. The molecule has 1 atom stereocenters. The number of nitrogens with one attached hydrogen (secondary N) is 1. The van der Waals surface area contributed by atoms with Crippen LogP contribution in [0.25, 0.3) is 0 Å². The average Bonchev–Trinajstić information content (AvgIpc) is 3.15. The third-order valence-corrected chi connectivity index (χ3v) is 4.40. The highest BCUT2D eigenvalue weighted by Gasteiger charge is 2.32. The monoisotopic (exact) mass is 317 g/mol. The van der Waals surface area contributed by atoms with Gasteiger partial charge in [0, 0.05) is 52.2 Å². The third kappa shape index (κ3) is 3.07. The van der Waals surface area contributed by atoms with Crippen molar-refractivity contribution in [1.29, 1.82) is 0 Å². The van der Waals surface area contributed by atoms with Crippen molar-refractivity contribution in [2.75, 3.05) is 31.5 Å². The number of nitrogens with zero attached hydrogens (tertiary/aromatic N) is 6. The van der Waals surface area contributed by atoms with E-state index in [2.05, 4.69) is 27.2 Å². The molecular formula is C15H23N7O. The zero-order chi connectivity index (χ0) is 16.4. The SMILES string of the molecule is CCN1CCN(C(=O)Nc2ccnn2C)CC1c1nccn1C. The second-order valence-electron chi connectivity index (χ2n) is 5.76. The van der Waals surface area contributed by atoms with Crippen LogP contribution in [0.4, 0.5) is 10.6 Å². The lowest BCUT2D eigenvalue weighted by Crippen LogP contribution is -2.52.